The second-order valence-electron chi connectivity index (χ2n) is 6.78. The number of carbonyl (C=O) groups is 2. The Morgan fingerprint density at radius 2 is 1.78 bits per heavy atom. The van der Waals surface area contributed by atoms with Crippen molar-refractivity contribution in [3.05, 3.63) is 42.5 Å². The third-order valence-corrected chi connectivity index (χ3v) is 3.81. The summed E-state index contributed by atoms with van der Waals surface area (Å²) in [6.45, 7) is 11.2. The van der Waals surface area contributed by atoms with Crippen LogP contribution < -0.4 is 0 Å². The molecule has 0 radical (unpaired) electrons. The van der Waals surface area contributed by atoms with Gasteiger partial charge in [-0.2, -0.15) is 0 Å². The molecule has 1 saturated heterocycles. The van der Waals surface area contributed by atoms with E-state index in [1.807, 2.05) is 30.3 Å². The first-order valence-electron chi connectivity index (χ1n) is 7.65. The smallest absolute Gasteiger partial charge is 0.412 e. The topological polar surface area (TPSA) is 49.9 Å². The van der Waals surface area contributed by atoms with E-state index in [9.17, 15) is 9.59 Å². The zero-order valence-electron chi connectivity index (χ0n) is 14.4. The van der Waals surface area contributed by atoms with Gasteiger partial charge in [0.05, 0.1) is 0 Å². The number of likely N-dealkylation sites (N-methyl/N-ethyl adjacent to an activating group) is 1. The Bertz CT molecular complexity index is 619. The molecule has 5 nitrogen and oxygen atoms in total. The lowest BCUT2D eigenvalue weighted by molar-refractivity contribution is -0.128. The summed E-state index contributed by atoms with van der Waals surface area (Å²) < 4.78 is 5.47. The summed E-state index contributed by atoms with van der Waals surface area (Å²) in [5, 5.41) is 0. The molecule has 0 saturated carbocycles. The van der Waals surface area contributed by atoms with Crippen LogP contribution in [0, 0.1) is 0 Å². The highest BCUT2D eigenvalue weighted by atomic mass is 16.6. The van der Waals surface area contributed by atoms with Gasteiger partial charge in [-0.25, -0.2) is 4.79 Å². The van der Waals surface area contributed by atoms with Crippen molar-refractivity contribution < 1.29 is 14.3 Å². The summed E-state index contributed by atoms with van der Waals surface area (Å²) in [6.07, 6.45) is -1.06. The summed E-state index contributed by atoms with van der Waals surface area (Å²) in [5.74, 6) is -0.127. The molecule has 1 aliphatic rings. The summed E-state index contributed by atoms with van der Waals surface area (Å²) in [5.41, 5.74) is 0.955. The second-order valence-corrected chi connectivity index (χ2v) is 6.78. The lowest BCUT2D eigenvalue weighted by Crippen LogP contribution is -2.46. The summed E-state index contributed by atoms with van der Waals surface area (Å²) in [6, 6.07) is 8.96. The molecule has 2 amide bonds. The molecule has 1 aromatic rings. The highest BCUT2D eigenvalue weighted by Crippen LogP contribution is 2.31. The number of hydrogen-bond donors (Lipinski definition) is 0. The summed E-state index contributed by atoms with van der Waals surface area (Å²) >= 11 is 0. The summed E-state index contributed by atoms with van der Waals surface area (Å²) in [4.78, 5) is 28.0. The standard InChI is InChI=1S/C18H24N2O3/c1-12(14-10-8-7-9-11-14)15-19(6)16(21)13(2)20(15)17(22)23-18(3,4)5/h7-11,13,15H,1H2,2-6H3/t13-,15+/m0/s1. The van der Waals surface area contributed by atoms with E-state index in [1.54, 1.807) is 39.6 Å². The van der Waals surface area contributed by atoms with E-state index in [4.69, 9.17) is 4.74 Å². The minimum absolute atomic E-state index is 0.127. The van der Waals surface area contributed by atoms with E-state index in [0.29, 0.717) is 5.57 Å². The molecule has 5 heteroatoms. The number of amides is 2. The van der Waals surface area contributed by atoms with Gasteiger partial charge in [-0.15, -0.1) is 0 Å². The third-order valence-electron chi connectivity index (χ3n) is 3.81. The van der Waals surface area contributed by atoms with Gasteiger partial charge in [0, 0.05) is 7.05 Å². The Balaban J connectivity index is 2.36. The maximum absolute atomic E-state index is 12.6. The molecule has 1 heterocycles. The molecule has 2 atom stereocenters. The SMILES string of the molecule is C=C(c1ccccc1)[C@@H]1N(C)C(=O)[C@H](C)N1C(=O)OC(C)(C)C. The Labute approximate surface area is 137 Å². The van der Waals surface area contributed by atoms with Crippen molar-refractivity contribution in [1.29, 1.82) is 0 Å². The molecule has 23 heavy (non-hydrogen) atoms. The van der Waals surface area contributed by atoms with Gasteiger partial charge < -0.3 is 9.64 Å². The fraction of sp³-hybridized carbons (Fsp3) is 0.444. The Morgan fingerprint density at radius 3 is 2.30 bits per heavy atom. The average Bonchev–Trinajstić information content (AvgIpc) is 2.70. The molecule has 1 aromatic carbocycles. The van der Waals surface area contributed by atoms with Crippen LogP contribution in [0.5, 0.6) is 0 Å². The molecule has 0 spiro atoms. The highest BCUT2D eigenvalue weighted by molar-refractivity contribution is 5.92. The van der Waals surface area contributed by atoms with Gasteiger partial charge in [-0.1, -0.05) is 36.9 Å². The Morgan fingerprint density at radius 1 is 1.22 bits per heavy atom. The van der Waals surface area contributed by atoms with E-state index in [2.05, 4.69) is 6.58 Å². The van der Waals surface area contributed by atoms with Gasteiger partial charge in [0.15, 0.2) is 0 Å². The normalized spacial score (nSPS) is 21.5. The van der Waals surface area contributed by atoms with Crippen LogP contribution >= 0.6 is 0 Å². The first-order valence-corrected chi connectivity index (χ1v) is 7.65. The van der Waals surface area contributed by atoms with Gasteiger partial charge in [0.2, 0.25) is 5.91 Å². The van der Waals surface area contributed by atoms with E-state index >= 15 is 0 Å². The maximum Gasteiger partial charge on any atom is 0.412 e. The van der Waals surface area contributed by atoms with Crippen molar-refractivity contribution in [3.8, 4) is 0 Å². The van der Waals surface area contributed by atoms with Crippen LogP contribution in [0.1, 0.15) is 33.3 Å². The van der Waals surface area contributed by atoms with Crippen molar-refractivity contribution >= 4 is 17.6 Å². The van der Waals surface area contributed by atoms with Crippen molar-refractivity contribution in [2.24, 2.45) is 0 Å². The quantitative estimate of drug-likeness (QED) is 0.842. The monoisotopic (exact) mass is 316 g/mol. The molecular formula is C18H24N2O3. The fourth-order valence-corrected chi connectivity index (χ4v) is 2.71. The van der Waals surface area contributed by atoms with Gasteiger partial charge in [-0.3, -0.25) is 9.69 Å². The molecule has 0 bridgehead atoms. The zero-order valence-corrected chi connectivity index (χ0v) is 14.4. The molecule has 2 rings (SSSR count). The van der Waals surface area contributed by atoms with E-state index in [0.717, 1.165) is 5.56 Å². The van der Waals surface area contributed by atoms with Crippen molar-refractivity contribution in [3.63, 3.8) is 0 Å². The van der Waals surface area contributed by atoms with Crippen LogP contribution in [0.25, 0.3) is 5.57 Å². The number of nitrogens with zero attached hydrogens (tertiary/aromatic N) is 2. The minimum atomic E-state index is -0.625. The van der Waals surface area contributed by atoms with Crippen molar-refractivity contribution in [2.75, 3.05) is 7.05 Å². The van der Waals surface area contributed by atoms with E-state index in [-0.39, 0.29) is 5.91 Å². The lowest BCUT2D eigenvalue weighted by Gasteiger charge is -2.32. The number of carbonyl (C=O) groups excluding carboxylic acids is 2. The predicted molar refractivity (Wildman–Crippen MR) is 89.6 cm³/mol. The lowest BCUT2D eigenvalue weighted by atomic mass is 10.0. The van der Waals surface area contributed by atoms with Gasteiger partial charge in [-0.05, 0) is 38.8 Å². The molecule has 124 valence electrons. The minimum Gasteiger partial charge on any atom is -0.444 e. The fourth-order valence-electron chi connectivity index (χ4n) is 2.71. The van der Waals surface area contributed by atoms with E-state index in [1.165, 1.54) is 4.90 Å². The summed E-state index contributed by atoms with van der Waals surface area (Å²) in [7, 11) is 1.68. The van der Waals surface area contributed by atoms with Crippen molar-refractivity contribution in [2.45, 2.75) is 45.5 Å². The maximum atomic E-state index is 12.6. The second kappa shape index (κ2) is 6.07. The average molecular weight is 316 g/mol. The third kappa shape index (κ3) is 3.38. The van der Waals surface area contributed by atoms with Crippen LogP contribution in [-0.2, 0) is 9.53 Å². The van der Waals surface area contributed by atoms with Crippen LogP contribution in [0.2, 0.25) is 0 Å². The largest absolute Gasteiger partial charge is 0.444 e. The van der Waals surface area contributed by atoms with Gasteiger partial charge >= 0.3 is 6.09 Å². The zero-order chi connectivity index (χ0) is 17.4. The van der Waals surface area contributed by atoms with Gasteiger partial charge in [0.1, 0.15) is 17.8 Å². The van der Waals surface area contributed by atoms with Gasteiger partial charge in [0.25, 0.3) is 0 Å². The molecule has 0 unspecified atom stereocenters. The molecule has 0 aliphatic carbocycles. The predicted octanol–water partition coefficient (Wildman–Crippen LogP) is 3.12. The van der Waals surface area contributed by atoms with E-state index < -0.39 is 23.9 Å². The first kappa shape index (κ1) is 17.1. The number of rotatable bonds is 2. The van der Waals surface area contributed by atoms with Crippen LogP contribution in [-0.4, -0.2) is 46.7 Å². The molecular weight excluding hydrogens is 292 g/mol. The number of hydrogen-bond acceptors (Lipinski definition) is 3. The molecule has 1 aliphatic heterocycles. The van der Waals surface area contributed by atoms with Crippen LogP contribution in [0.15, 0.2) is 36.9 Å². The number of benzene rings is 1. The van der Waals surface area contributed by atoms with Crippen molar-refractivity contribution in [1.82, 2.24) is 9.80 Å². The van der Waals surface area contributed by atoms with Crippen LogP contribution in [0.3, 0.4) is 0 Å². The Hall–Kier alpha value is -2.30. The Kier molecular flexibility index (Phi) is 4.50. The molecule has 0 N–H and O–H groups in total. The number of ether oxygens (including phenoxy) is 1. The first-order chi connectivity index (χ1) is 10.6. The molecule has 1 fully saturated rings. The van der Waals surface area contributed by atoms with Crippen LogP contribution in [0.4, 0.5) is 4.79 Å². The highest BCUT2D eigenvalue weighted by Gasteiger charge is 2.47. The molecule has 0 aromatic heterocycles.